The van der Waals surface area contributed by atoms with E-state index in [1.807, 2.05) is 57.2 Å². The Hall–Kier alpha value is -2.73. The fourth-order valence-electron chi connectivity index (χ4n) is 5.35. The summed E-state index contributed by atoms with van der Waals surface area (Å²) < 4.78 is 18.4. The van der Waals surface area contributed by atoms with Gasteiger partial charge in [-0.05, 0) is 80.6 Å². The van der Waals surface area contributed by atoms with Crippen LogP contribution in [0.4, 0.5) is 0 Å². The van der Waals surface area contributed by atoms with Crippen molar-refractivity contribution < 1.29 is 19.0 Å². The summed E-state index contributed by atoms with van der Waals surface area (Å²) in [5.74, 6) is 2.42. The van der Waals surface area contributed by atoms with Crippen molar-refractivity contribution >= 4 is 29.0 Å². The molecule has 3 aromatic carbocycles. The summed E-state index contributed by atoms with van der Waals surface area (Å²) >= 11 is 13.5. The van der Waals surface area contributed by atoms with Crippen molar-refractivity contribution in [3.05, 3.63) is 75.3 Å². The largest absolute Gasteiger partial charge is 0.492 e. The predicted molar refractivity (Wildman–Crippen MR) is 172 cm³/mol. The molecule has 3 aromatic rings. The maximum atomic E-state index is 12.4. The first-order valence-electron chi connectivity index (χ1n) is 15.0. The molecule has 0 bridgehead atoms. The number of carbonyl (C=O) groups excluding carboxylic acids is 1. The molecule has 5 nitrogen and oxygen atoms in total. The van der Waals surface area contributed by atoms with Crippen molar-refractivity contribution in [1.29, 1.82) is 0 Å². The third-order valence-corrected chi connectivity index (χ3v) is 8.99. The number of ether oxygens (including phenoxy) is 3. The van der Waals surface area contributed by atoms with Gasteiger partial charge in [0.2, 0.25) is 0 Å². The van der Waals surface area contributed by atoms with E-state index in [1.165, 1.54) is 12.8 Å². The zero-order valence-corrected chi connectivity index (χ0v) is 27.0. The second-order valence-electron chi connectivity index (χ2n) is 11.4. The molecular formula is C35H43Cl2NO4. The molecule has 0 N–H and O–H groups in total. The van der Waals surface area contributed by atoms with Crippen LogP contribution >= 0.6 is 23.2 Å². The lowest BCUT2D eigenvalue weighted by molar-refractivity contribution is -0.124. The second-order valence-corrected chi connectivity index (χ2v) is 12.2. The molecular weight excluding hydrogens is 569 g/mol. The van der Waals surface area contributed by atoms with E-state index in [0.717, 1.165) is 53.7 Å². The van der Waals surface area contributed by atoms with Crippen LogP contribution in [0.15, 0.2) is 48.5 Å². The number of halogens is 2. The summed E-state index contributed by atoms with van der Waals surface area (Å²) in [5.41, 5.74) is 4.99. The molecule has 1 heterocycles. The van der Waals surface area contributed by atoms with Gasteiger partial charge < -0.3 is 19.1 Å². The smallest absolute Gasteiger partial charge is 0.172 e. The third kappa shape index (κ3) is 8.00. The van der Waals surface area contributed by atoms with E-state index >= 15 is 0 Å². The topological polar surface area (TPSA) is 48.0 Å². The first-order chi connectivity index (χ1) is 20.2. The number of aryl methyl sites for hydroxylation is 1. The summed E-state index contributed by atoms with van der Waals surface area (Å²) in [6.45, 7) is 11.2. The van der Waals surface area contributed by atoms with E-state index in [-0.39, 0.29) is 18.3 Å². The maximum absolute atomic E-state index is 12.4. The predicted octanol–water partition coefficient (Wildman–Crippen LogP) is 8.82. The van der Waals surface area contributed by atoms with Gasteiger partial charge in [-0.1, -0.05) is 74.3 Å². The van der Waals surface area contributed by atoms with Crippen molar-refractivity contribution in [2.45, 2.75) is 60.0 Å². The Kier molecular flexibility index (Phi) is 11.6. The SMILES string of the molecule is CCc1cc(Cl)c(OCc2cccc(-c3cccc(OCC4CCCN(C)C4)c3Cl)c2C)cc1OCC(=O)C(C)CC. The van der Waals surface area contributed by atoms with Crippen molar-refractivity contribution in [3.63, 3.8) is 0 Å². The number of likely N-dealkylation sites (tertiary alicyclic amines) is 1. The fourth-order valence-corrected chi connectivity index (χ4v) is 5.87. The molecule has 1 fully saturated rings. The van der Waals surface area contributed by atoms with E-state index in [4.69, 9.17) is 37.4 Å². The number of ketones is 1. The normalized spacial score (nSPS) is 16.2. The minimum Gasteiger partial charge on any atom is -0.492 e. The molecule has 1 saturated heterocycles. The zero-order chi connectivity index (χ0) is 30.2. The van der Waals surface area contributed by atoms with E-state index < -0.39 is 0 Å². The first-order valence-corrected chi connectivity index (χ1v) is 15.8. The van der Waals surface area contributed by atoms with Crippen LogP contribution in [0.25, 0.3) is 11.1 Å². The molecule has 0 spiro atoms. The Morgan fingerprint density at radius 2 is 1.74 bits per heavy atom. The Morgan fingerprint density at radius 1 is 0.976 bits per heavy atom. The minimum atomic E-state index is -0.0342. The third-order valence-electron chi connectivity index (χ3n) is 8.31. The number of hydrogen-bond acceptors (Lipinski definition) is 5. The molecule has 4 rings (SSSR count). The highest BCUT2D eigenvalue weighted by molar-refractivity contribution is 6.35. The molecule has 2 atom stereocenters. The average Bonchev–Trinajstić information content (AvgIpc) is 2.99. The summed E-state index contributed by atoms with van der Waals surface area (Å²) in [7, 11) is 2.16. The minimum absolute atomic E-state index is 0.0332. The molecule has 226 valence electrons. The van der Waals surface area contributed by atoms with E-state index in [9.17, 15) is 4.79 Å². The number of Topliss-reactive ketones (excluding diaryl/α,β-unsaturated/α-hetero) is 1. The lowest BCUT2D eigenvalue weighted by Gasteiger charge is -2.29. The monoisotopic (exact) mass is 611 g/mol. The van der Waals surface area contributed by atoms with Gasteiger partial charge in [-0.25, -0.2) is 0 Å². The Labute approximate surface area is 261 Å². The molecule has 42 heavy (non-hydrogen) atoms. The van der Waals surface area contributed by atoms with Crippen LogP contribution < -0.4 is 14.2 Å². The van der Waals surface area contributed by atoms with Gasteiger partial charge in [-0.15, -0.1) is 0 Å². The van der Waals surface area contributed by atoms with Crippen molar-refractivity contribution in [1.82, 2.24) is 4.90 Å². The number of nitrogens with zero attached hydrogens (tertiary/aromatic N) is 1. The molecule has 1 aliphatic heterocycles. The highest BCUT2D eigenvalue weighted by Crippen LogP contribution is 2.39. The summed E-state index contributed by atoms with van der Waals surface area (Å²) in [6.07, 6.45) is 3.90. The van der Waals surface area contributed by atoms with Crippen LogP contribution in [0.2, 0.25) is 10.0 Å². The van der Waals surface area contributed by atoms with Crippen molar-refractivity contribution in [2.75, 3.05) is 33.4 Å². The maximum Gasteiger partial charge on any atom is 0.172 e. The van der Waals surface area contributed by atoms with Gasteiger partial charge in [-0.3, -0.25) is 4.79 Å². The molecule has 0 saturated carbocycles. The molecule has 7 heteroatoms. The van der Waals surface area contributed by atoms with Crippen LogP contribution in [-0.2, 0) is 17.8 Å². The Morgan fingerprint density at radius 3 is 2.48 bits per heavy atom. The van der Waals surface area contributed by atoms with Crippen molar-refractivity contribution in [2.24, 2.45) is 11.8 Å². The Bertz CT molecular complexity index is 1380. The van der Waals surface area contributed by atoms with Crippen molar-refractivity contribution in [3.8, 4) is 28.4 Å². The van der Waals surface area contributed by atoms with Gasteiger partial charge in [0.15, 0.2) is 5.78 Å². The lowest BCUT2D eigenvalue weighted by Crippen LogP contribution is -2.34. The van der Waals surface area contributed by atoms with E-state index in [2.05, 4.69) is 24.9 Å². The molecule has 0 radical (unpaired) electrons. The first kappa shape index (κ1) is 32.2. The van der Waals surface area contributed by atoms with Gasteiger partial charge in [-0.2, -0.15) is 0 Å². The van der Waals surface area contributed by atoms with E-state index in [0.29, 0.717) is 46.4 Å². The van der Waals surface area contributed by atoms with Crippen LogP contribution in [-0.4, -0.2) is 44.0 Å². The standard InChI is InChI=1S/C35H43Cl2NO4/c1-6-23(3)31(39)22-42-33-18-34(30(36)17-26(33)7-2)41-21-27-12-8-13-28(24(27)4)29-14-9-15-32(35(29)37)40-20-25-11-10-16-38(5)19-25/h8-9,12-15,17-18,23,25H,6-7,10-11,16,19-22H2,1-5H3. The van der Waals surface area contributed by atoms with Gasteiger partial charge in [0, 0.05) is 30.0 Å². The lowest BCUT2D eigenvalue weighted by atomic mass is 9.96. The number of piperidine rings is 1. The fraction of sp³-hybridized carbons (Fsp3) is 0.457. The Balaban J connectivity index is 1.49. The van der Waals surface area contributed by atoms with Crippen LogP contribution in [0, 0.1) is 18.8 Å². The molecule has 0 aliphatic carbocycles. The number of benzene rings is 3. The van der Waals surface area contributed by atoms with Crippen LogP contribution in [0.1, 0.15) is 56.7 Å². The molecule has 2 unspecified atom stereocenters. The average molecular weight is 613 g/mol. The highest BCUT2D eigenvalue weighted by atomic mass is 35.5. The van der Waals surface area contributed by atoms with E-state index in [1.54, 1.807) is 6.07 Å². The van der Waals surface area contributed by atoms with Gasteiger partial charge in [0.05, 0.1) is 16.7 Å². The molecule has 1 aliphatic rings. The van der Waals surface area contributed by atoms with Gasteiger partial charge in [0.1, 0.15) is 30.5 Å². The van der Waals surface area contributed by atoms with Gasteiger partial charge >= 0.3 is 0 Å². The summed E-state index contributed by atoms with van der Waals surface area (Å²) in [5, 5.41) is 1.13. The number of carbonyl (C=O) groups is 1. The zero-order valence-electron chi connectivity index (χ0n) is 25.5. The summed E-state index contributed by atoms with van der Waals surface area (Å²) in [6, 6.07) is 15.8. The number of hydrogen-bond donors (Lipinski definition) is 0. The van der Waals surface area contributed by atoms with Crippen LogP contribution in [0.5, 0.6) is 17.2 Å². The van der Waals surface area contributed by atoms with Gasteiger partial charge in [0.25, 0.3) is 0 Å². The molecule has 0 aromatic heterocycles. The second kappa shape index (κ2) is 15.1. The number of rotatable bonds is 13. The highest BCUT2D eigenvalue weighted by Gasteiger charge is 2.20. The van der Waals surface area contributed by atoms with Crippen LogP contribution in [0.3, 0.4) is 0 Å². The quantitative estimate of drug-likeness (QED) is 0.193. The summed E-state index contributed by atoms with van der Waals surface area (Å²) in [4.78, 5) is 14.7. The molecule has 0 amide bonds.